The van der Waals surface area contributed by atoms with Gasteiger partial charge in [-0.25, -0.2) is 4.79 Å². The van der Waals surface area contributed by atoms with Gasteiger partial charge in [-0.3, -0.25) is 4.79 Å². The van der Waals surface area contributed by atoms with E-state index in [-0.39, 0.29) is 11.9 Å². The highest BCUT2D eigenvalue weighted by atomic mass is 16.6. The van der Waals surface area contributed by atoms with Crippen LogP contribution in [0.1, 0.15) is 342 Å². The van der Waals surface area contributed by atoms with Crippen molar-refractivity contribution in [1.82, 2.24) is 0 Å². The van der Waals surface area contributed by atoms with Gasteiger partial charge in [0.25, 0.3) is 0 Å². The second-order valence-electron chi connectivity index (χ2n) is 20.5. The van der Waals surface area contributed by atoms with Crippen molar-refractivity contribution in [1.29, 1.82) is 0 Å². The SMILES string of the molecule is CCCC/C=C\CCCCCCCC(=O)OCCCCCCCCCCCCCCCC.CCCCCCCCCCC=CCCC(OC)C(=O)OCCCCCCCCCCCCCCCC. The first-order valence-electron chi connectivity index (χ1n) is 30.7. The van der Waals surface area contributed by atoms with Gasteiger partial charge in [0, 0.05) is 13.5 Å². The van der Waals surface area contributed by atoms with Crippen LogP contribution in [-0.2, 0) is 23.8 Å². The van der Waals surface area contributed by atoms with Gasteiger partial charge in [0.2, 0.25) is 0 Å². The van der Waals surface area contributed by atoms with Crippen molar-refractivity contribution in [2.45, 2.75) is 348 Å². The van der Waals surface area contributed by atoms with Gasteiger partial charge in [0.15, 0.2) is 6.10 Å². The molecule has 0 saturated carbocycles. The molecule has 0 radical (unpaired) electrons. The van der Waals surface area contributed by atoms with Crippen molar-refractivity contribution in [3.63, 3.8) is 0 Å². The summed E-state index contributed by atoms with van der Waals surface area (Å²) in [7, 11) is 1.61. The minimum absolute atomic E-state index is 0.0125. The average Bonchev–Trinajstić information content (AvgIpc) is 3.34. The normalized spacial score (nSPS) is 12.0. The zero-order valence-corrected chi connectivity index (χ0v) is 47.0. The zero-order valence-electron chi connectivity index (χ0n) is 47.0. The highest BCUT2D eigenvalue weighted by molar-refractivity contribution is 5.74. The number of ether oxygens (including phenoxy) is 3. The maximum absolute atomic E-state index is 12.3. The molecule has 0 amide bonds. The smallest absolute Gasteiger partial charge is 0.335 e. The molecule has 5 nitrogen and oxygen atoms in total. The van der Waals surface area contributed by atoms with Crippen LogP contribution in [0, 0.1) is 0 Å². The summed E-state index contributed by atoms with van der Waals surface area (Å²) in [5.74, 6) is -0.179. The Morgan fingerprint density at radius 1 is 0.324 bits per heavy atom. The van der Waals surface area contributed by atoms with Gasteiger partial charge in [-0.2, -0.15) is 0 Å². The molecule has 0 aromatic heterocycles. The highest BCUT2D eigenvalue weighted by Gasteiger charge is 2.18. The minimum Gasteiger partial charge on any atom is -0.466 e. The Morgan fingerprint density at radius 2 is 0.603 bits per heavy atom. The van der Waals surface area contributed by atoms with Crippen molar-refractivity contribution in [3.05, 3.63) is 24.3 Å². The van der Waals surface area contributed by atoms with E-state index in [9.17, 15) is 9.59 Å². The fourth-order valence-corrected chi connectivity index (χ4v) is 8.95. The lowest BCUT2D eigenvalue weighted by molar-refractivity contribution is -0.155. The molecule has 68 heavy (non-hydrogen) atoms. The van der Waals surface area contributed by atoms with E-state index in [1.165, 1.54) is 257 Å². The van der Waals surface area contributed by atoms with Crippen LogP contribution < -0.4 is 0 Å². The number of esters is 2. The third kappa shape index (κ3) is 60.5. The van der Waals surface area contributed by atoms with Gasteiger partial charge in [-0.05, 0) is 64.2 Å². The lowest BCUT2D eigenvalue weighted by atomic mass is 10.0. The molecule has 0 aromatic carbocycles. The fraction of sp³-hybridized carbons (Fsp3) is 0.905. The lowest BCUT2D eigenvalue weighted by Crippen LogP contribution is -2.25. The zero-order chi connectivity index (χ0) is 49.7. The second-order valence-corrected chi connectivity index (χ2v) is 20.5. The quantitative estimate of drug-likeness (QED) is 0.0345. The van der Waals surface area contributed by atoms with Crippen molar-refractivity contribution in [2.75, 3.05) is 20.3 Å². The number of hydrogen-bond acceptors (Lipinski definition) is 5. The molecule has 0 fully saturated rings. The van der Waals surface area contributed by atoms with Gasteiger partial charge in [-0.1, -0.05) is 296 Å². The number of hydrogen-bond donors (Lipinski definition) is 0. The van der Waals surface area contributed by atoms with Gasteiger partial charge >= 0.3 is 11.9 Å². The number of allylic oxidation sites excluding steroid dienone is 4. The highest BCUT2D eigenvalue weighted by Crippen LogP contribution is 2.16. The molecule has 0 N–H and O–H groups in total. The number of unbranched alkanes of at least 4 members (excludes halogenated alkanes) is 41. The standard InChI is InChI=1S/C33H64O3.C30H58O2/c1-4-6-8-10-12-14-16-18-19-21-23-25-27-29-31-36-33(34)32(35-3)30-28-26-24-22-20-17-15-13-11-9-7-5-2;1-3-5-7-9-11-13-15-16-17-19-21-23-25-27-29-32-30(31)28-26-24-22-20-18-14-12-10-8-6-4-2/h24,26,32H,4-23,25,27-31H2,1-3H3;10,12H,3-9,11,13-29H2,1-2H3/b;12-10-. The van der Waals surface area contributed by atoms with Crippen LogP contribution in [0.25, 0.3) is 0 Å². The number of carbonyl (C=O) groups is 2. The Kier molecular flexibility index (Phi) is 63.8. The molecule has 0 aliphatic heterocycles. The van der Waals surface area contributed by atoms with Crippen LogP contribution in [-0.4, -0.2) is 38.4 Å². The first kappa shape index (κ1) is 68.5. The van der Waals surface area contributed by atoms with E-state index < -0.39 is 6.10 Å². The Balaban J connectivity index is 0. The Labute approximate surface area is 427 Å². The molecule has 0 rings (SSSR count). The van der Waals surface area contributed by atoms with E-state index in [1.54, 1.807) is 7.11 Å². The van der Waals surface area contributed by atoms with Crippen LogP contribution in [0.3, 0.4) is 0 Å². The summed E-state index contributed by atoms with van der Waals surface area (Å²) in [6.45, 7) is 10.2. The number of rotatable bonds is 55. The fourth-order valence-electron chi connectivity index (χ4n) is 8.95. The molecule has 1 atom stereocenters. The predicted octanol–water partition coefficient (Wildman–Crippen LogP) is 21.4. The first-order valence-corrected chi connectivity index (χ1v) is 30.7. The maximum atomic E-state index is 12.3. The third-order valence-electron chi connectivity index (χ3n) is 13.7. The molecular formula is C63H122O5. The molecule has 5 heteroatoms. The van der Waals surface area contributed by atoms with E-state index in [0.29, 0.717) is 26.1 Å². The molecule has 404 valence electrons. The Hall–Kier alpha value is -1.62. The Bertz CT molecular complexity index is 1010. The molecule has 0 aliphatic rings. The molecule has 0 spiro atoms. The summed E-state index contributed by atoms with van der Waals surface area (Å²) in [6, 6.07) is 0. The average molecular weight is 960 g/mol. The van der Waals surface area contributed by atoms with E-state index in [1.807, 2.05) is 0 Å². The molecular weight excluding hydrogens is 837 g/mol. The lowest BCUT2D eigenvalue weighted by Gasteiger charge is -2.13. The second kappa shape index (κ2) is 63.4. The minimum atomic E-state index is -0.426. The third-order valence-corrected chi connectivity index (χ3v) is 13.7. The van der Waals surface area contributed by atoms with Crippen LogP contribution in [0.5, 0.6) is 0 Å². The maximum Gasteiger partial charge on any atom is 0.335 e. The van der Waals surface area contributed by atoms with Gasteiger partial charge < -0.3 is 14.2 Å². The first-order chi connectivity index (χ1) is 33.6. The van der Waals surface area contributed by atoms with Crippen LogP contribution >= 0.6 is 0 Å². The molecule has 0 saturated heterocycles. The molecule has 1 unspecified atom stereocenters. The van der Waals surface area contributed by atoms with Gasteiger partial charge in [0.05, 0.1) is 13.2 Å². The summed E-state index contributed by atoms with van der Waals surface area (Å²) in [5.41, 5.74) is 0. The van der Waals surface area contributed by atoms with Crippen LogP contribution in [0.4, 0.5) is 0 Å². The molecule has 0 aromatic rings. The summed E-state index contributed by atoms with van der Waals surface area (Å²) in [5, 5.41) is 0. The summed E-state index contributed by atoms with van der Waals surface area (Å²) in [4.78, 5) is 24.1. The van der Waals surface area contributed by atoms with Crippen molar-refractivity contribution < 1.29 is 23.8 Å². The van der Waals surface area contributed by atoms with Gasteiger partial charge in [0.1, 0.15) is 0 Å². The Morgan fingerprint density at radius 3 is 0.956 bits per heavy atom. The largest absolute Gasteiger partial charge is 0.466 e. The van der Waals surface area contributed by atoms with Crippen molar-refractivity contribution in [2.24, 2.45) is 0 Å². The van der Waals surface area contributed by atoms with Gasteiger partial charge in [-0.15, -0.1) is 0 Å². The van der Waals surface area contributed by atoms with Crippen molar-refractivity contribution in [3.8, 4) is 0 Å². The molecule has 0 aliphatic carbocycles. The summed E-state index contributed by atoms with van der Waals surface area (Å²) < 4.78 is 16.2. The van der Waals surface area contributed by atoms with Crippen LogP contribution in [0.2, 0.25) is 0 Å². The number of methoxy groups -OCH3 is 1. The van der Waals surface area contributed by atoms with E-state index in [0.717, 1.165) is 44.9 Å². The van der Waals surface area contributed by atoms with E-state index >= 15 is 0 Å². The predicted molar refractivity (Wildman–Crippen MR) is 300 cm³/mol. The topological polar surface area (TPSA) is 61.8 Å². The van der Waals surface area contributed by atoms with Crippen LogP contribution in [0.15, 0.2) is 24.3 Å². The summed E-state index contributed by atoms with van der Waals surface area (Å²) in [6.07, 6.45) is 71.7. The molecule has 0 bridgehead atoms. The monoisotopic (exact) mass is 959 g/mol. The van der Waals surface area contributed by atoms with E-state index in [4.69, 9.17) is 14.2 Å². The molecule has 0 heterocycles. The van der Waals surface area contributed by atoms with Crippen molar-refractivity contribution >= 4 is 11.9 Å². The van der Waals surface area contributed by atoms with E-state index in [2.05, 4.69) is 52.0 Å². The summed E-state index contributed by atoms with van der Waals surface area (Å²) >= 11 is 0. The number of carbonyl (C=O) groups excluding carboxylic acids is 2.